The summed E-state index contributed by atoms with van der Waals surface area (Å²) in [5, 5.41) is 7.32. The van der Waals surface area contributed by atoms with Gasteiger partial charge >= 0.3 is 0 Å². The summed E-state index contributed by atoms with van der Waals surface area (Å²) in [7, 11) is 1.89. The number of aromatic nitrogens is 2. The van der Waals surface area contributed by atoms with E-state index >= 15 is 0 Å². The summed E-state index contributed by atoms with van der Waals surface area (Å²) in [6.45, 7) is 10.0. The van der Waals surface area contributed by atoms with Crippen LogP contribution in [0.5, 0.6) is 0 Å². The van der Waals surface area contributed by atoms with E-state index in [0.29, 0.717) is 6.54 Å². The highest BCUT2D eigenvalue weighted by Gasteiger charge is 2.40. The Bertz CT molecular complexity index is 455. The Balaban J connectivity index is 2.74. The van der Waals surface area contributed by atoms with Gasteiger partial charge in [0.2, 0.25) is 5.91 Å². The second kappa shape index (κ2) is 5.33. The van der Waals surface area contributed by atoms with Crippen molar-refractivity contribution >= 4 is 5.91 Å². The molecule has 0 aliphatic rings. The Morgan fingerprint density at radius 2 is 2.00 bits per heavy atom. The first-order valence-corrected chi connectivity index (χ1v) is 6.68. The van der Waals surface area contributed by atoms with E-state index in [2.05, 4.69) is 17.3 Å². The first-order valence-electron chi connectivity index (χ1n) is 6.68. The van der Waals surface area contributed by atoms with E-state index in [1.54, 1.807) is 4.68 Å². The topological polar surface area (TPSA) is 72.9 Å². The minimum absolute atomic E-state index is 0.0362. The molecule has 0 unspecified atom stereocenters. The van der Waals surface area contributed by atoms with Crippen molar-refractivity contribution < 1.29 is 4.79 Å². The number of nitrogens with two attached hydrogens (primary N) is 1. The molecule has 1 heterocycles. The Morgan fingerprint density at radius 1 is 1.42 bits per heavy atom. The number of carbonyl (C=O) groups excluding carboxylic acids is 1. The first-order chi connectivity index (χ1) is 8.59. The van der Waals surface area contributed by atoms with Crippen LogP contribution in [0.1, 0.15) is 45.9 Å². The summed E-state index contributed by atoms with van der Waals surface area (Å²) >= 11 is 0. The van der Waals surface area contributed by atoms with Gasteiger partial charge in [0.05, 0.1) is 11.1 Å². The maximum atomic E-state index is 12.3. The number of amides is 1. The fourth-order valence-electron chi connectivity index (χ4n) is 1.72. The van der Waals surface area contributed by atoms with Crippen LogP contribution in [0.3, 0.4) is 0 Å². The lowest BCUT2D eigenvalue weighted by atomic mass is 9.74. The summed E-state index contributed by atoms with van der Waals surface area (Å²) in [5.41, 5.74) is 6.95. The highest BCUT2D eigenvalue weighted by atomic mass is 16.2. The molecule has 1 amide bonds. The molecule has 3 N–H and O–H groups in total. The molecule has 0 atom stereocenters. The zero-order valence-electron chi connectivity index (χ0n) is 12.9. The monoisotopic (exact) mass is 266 g/mol. The first kappa shape index (κ1) is 15.7. The molecule has 0 aliphatic carbocycles. The molecule has 0 spiro atoms. The lowest BCUT2D eigenvalue weighted by molar-refractivity contribution is -0.132. The number of carbonyl (C=O) groups is 1. The van der Waals surface area contributed by atoms with Crippen LogP contribution in [-0.2, 0) is 24.8 Å². The third-order valence-electron chi connectivity index (χ3n) is 3.94. The van der Waals surface area contributed by atoms with Crippen molar-refractivity contribution in [2.24, 2.45) is 18.2 Å². The number of hydrogen-bond acceptors (Lipinski definition) is 3. The summed E-state index contributed by atoms with van der Waals surface area (Å²) in [5.74, 6) is -0.0362. The van der Waals surface area contributed by atoms with Crippen molar-refractivity contribution in [1.29, 1.82) is 0 Å². The molecule has 108 valence electrons. The number of nitrogens with one attached hydrogen (secondary N) is 1. The molecule has 0 bridgehead atoms. The normalized spacial score (nSPS) is 12.6. The molecule has 0 saturated heterocycles. The molecular formula is C14H26N4O. The van der Waals surface area contributed by atoms with Crippen molar-refractivity contribution in [3.63, 3.8) is 0 Å². The largest absolute Gasteiger partial charge is 0.351 e. The number of aryl methyl sites for hydroxylation is 2. The Kier molecular flexibility index (Phi) is 4.40. The molecule has 0 radical (unpaired) electrons. The van der Waals surface area contributed by atoms with E-state index in [-0.39, 0.29) is 5.91 Å². The van der Waals surface area contributed by atoms with E-state index < -0.39 is 11.0 Å². The molecule has 1 rings (SSSR count). The Morgan fingerprint density at radius 3 is 2.47 bits per heavy atom. The van der Waals surface area contributed by atoms with Crippen LogP contribution in [0.25, 0.3) is 0 Å². The molecular weight excluding hydrogens is 240 g/mol. The van der Waals surface area contributed by atoms with Crippen molar-refractivity contribution in [3.8, 4) is 0 Å². The van der Waals surface area contributed by atoms with Gasteiger partial charge in [-0.1, -0.05) is 6.92 Å². The smallest absolute Gasteiger partial charge is 0.227 e. The maximum Gasteiger partial charge on any atom is 0.227 e. The Labute approximate surface area is 115 Å². The van der Waals surface area contributed by atoms with E-state index in [4.69, 9.17) is 5.73 Å². The van der Waals surface area contributed by atoms with Crippen LogP contribution >= 0.6 is 0 Å². The van der Waals surface area contributed by atoms with Gasteiger partial charge in [-0.15, -0.1) is 0 Å². The second-order valence-electron chi connectivity index (χ2n) is 6.16. The fraction of sp³-hybridized carbons (Fsp3) is 0.714. The van der Waals surface area contributed by atoms with Gasteiger partial charge in [0.15, 0.2) is 0 Å². The van der Waals surface area contributed by atoms with Crippen molar-refractivity contribution in [2.75, 3.05) is 0 Å². The predicted molar refractivity (Wildman–Crippen MR) is 76.5 cm³/mol. The van der Waals surface area contributed by atoms with Gasteiger partial charge in [-0.05, 0) is 34.1 Å². The summed E-state index contributed by atoms with van der Waals surface area (Å²) in [6.07, 6.45) is 2.80. The molecule has 5 nitrogen and oxygen atoms in total. The number of hydrogen-bond donors (Lipinski definition) is 2. The average molecular weight is 266 g/mol. The SMILES string of the molecule is CCc1nn(C)cc1CNC(=O)C(C)(C)C(C)(C)N. The van der Waals surface area contributed by atoms with Gasteiger partial charge in [-0.2, -0.15) is 5.10 Å². The van der Waals surface area contributed by atoms with Crippen molar-refractivity contribution in [1.82, 2.24) is 15.1 Å². The predicted octanol–water partition coefficient (Wildman–Crippen LogP) is 1.36. The van der Waals surface area contributed by atoms with Crippen molar-refractivity contribution in [2.45, 2.75) is 53.1 Å². The molecule has 19 heavy (non-hydrogen) atoms. The highest BCUT2D eigenvalue weighted by molar-refractivity contribution is 5.83. The minimum atomic E-state index is -0.623. The molecule has 0 aromatic carbocycles. The van der Waals surface area contributed by atoms with Gasteiger partial charge in [-0.25, -0.2) is 0 Å². The van der Waals surface area contributed by atoms with E-state index in [0.717, 1.165) is 17.7 Å². The van der Waals surface area contributed by atoms with Crippen LogP contribution in [0.2, 0.25) is 0 Å². The van der Waals surface area contributed by atoms with Gasteiger partial charge in [0.1, 0.15) is 0 Å². The molecule has 0 saturated carbocycles. The van der Waals surface area contributed by atoms with E-state index in [1.807, 2.05) is 40.9 Å². The lowest BCUT2D eigenvalue weighted by Gasteiger charge is -2.36. The van der Waals surface area contributed by atoms with Crippen LogP contribution in [0.4, 0.5) is 0 Å². The van der Waals surface area contributed by atoms with Gasteiger partial charge in [-0.3, -0.25) is 9.48 Å². The standard InChI is InChI=1S/C14H26N4O/c1-7-11-10(9-18(6)17-11)8-16-12(19)13(2,3)14(4,5)15/h9H,7-8,15H2,1-6H3,(H,16,19). The van der Waals surface area contributed by atoms with E-state index in [1.165, 1.54) is 0 Å². The molecule has 5 heteroatoms. The van der Waals surface area contributed by atoms with Crippen molar-refractivity contribution in [3.05, 3.63) is 17.5 Å². The molecule has 0 fully saturated rings. The Hall–Kier alpha value is -1.36. The van der Waals surface area contributed by atoms with Crippen LogP contribution in [0, 0.1) is 5.41 Å². The van der Waals surface area contributed by atoms with E-state index in [9.17, 15) is 4.79 Å². The number of rotatable bonds is 5. The third kappa shape index (κ3) is 3.35. The molecule has 1 aromatic rings. The summed E-state index contributed by atoms with van der Waals surface area (Å²) < 4.78 is 1.78. The molecule has 0 aliphatic heterocycles. The van der Waals surface area contributed by atoms with Gasteiger partial charge in [0, 0.05) is 30.9 Å². The third-order valence-corrected chi connectivity index (χ3v) is 3.94. The van der Waals surface area contributed by atoms with Gasteiger partial charge in [0.25, 0.3) is 0 Å². The summed E-state index contributed by atoms with van der Waals surface area (Å²) in [6, 6.07) is 0. The highest BCUT2D eigenvalue weighted by Crippen LogP contribution is 2.28. The lowest BCUT2D eigenvalue weighted by Crippen LogP contribution is -2.55. The van der Waals surface area contributed by atoms with Crippen LogP contribution < -0.4 is 11.1 Å². The maximum absolute atomic E-state index is 12.3. The average Bonchev–Trinajstić information content (AvgIpc) is 2.64. The van der Waals surface area contributed by atoms with Gasteiger partial charge < -0.3 is 11.1 Å². The zero-order chi connectivity index (χ0) is 14.8. The van der Waals surface area contributed by atoms with Crippen LogP contribution in [-0.4, -0.2) is 21.2 Å². The quantitative estimate of drug-likeness (QED) is 0.845. The second-order valence-corrected chi connectivity index (χ2v) is 6.16. The minimum Gasteiger partial charge on any atom is -0.351 e. The number of nitrogens with zero attached hydrogens (tertiary/aromatic N) is 2. The summed E-state index contributed by atoms with van der Waals surface area (Å²) in [4.78, 5) is 12.3. The van der Waals surface area contributed by atoms with Crippen LogP contribution in [0.15, 0.2) is 6.20 Å². The zero-order valence-corrected chi connectivity index (χ0v) is 12.9. The fourth-order valence-corrected chi connectivity index (χ4v) is 1.72. The molecule has 1 aromatic heterocycles.